The average molecular weight is 292 g/mol. The van der Waals surface area contributed by atoms with Crippen LogP contribution in [0.15, 0.2) is 6.20 Å². The van der Waals surface area contributed by atoms with E-state index in [1.54, 1.807) is 0 Å². The molecule has 0 bridgehead atoms. The van der Waals surface area contributed by atoms with Gasteiger partial charge in [-0.1, -0.05) is 34.1 Å². The molecule has 1 aromatic rings. The summed E-state index contributed by atoms with van der Waals surface area (Å²) in [7, 11) is 2.01. The minimum absolute atomic E-state index is 0.0621. The van der Waals surface area contributed by atoms with Crippen LogP contribution >= 0.6 is 0 Å². The van der Waals surface area contributed by atoms with Crippen LogP contribution in [0.3, 0.4) is 0 Å². The van der Waals surface area contributed by atoms with Gasteiger partial charge >= 0.3 is 0 Å². The number of aromatic nitrogens is 2. The van der Waals surface area contributed by atoms with Gasteiger partial charge in [0.15, 0.2) is 0 Å². The summed E-state index contributed by atoms with van der Waals surface area (Å²) in [5, 5.41) is 4.71. The van der Waals surface area contributed by atoms with E-state index in [0.29, 0.717) is 12.6 Å². The molecule has 0 radical (unpaired) electrons. The predicted molar refractivity (Wildman–Crippen MR) is 88.3 cm³/mol. The Labute approximate surface area is 129 Å². The lowest BCUT2D eigenvalue weighted by molar-refractivity contribution is 0.237. The van der Waals surface area contributed by atoms with E-state index < -0.39 is 0 Å². The van der Waals surface area contributed by atoms with E-state index in [0.717, 1.165) is 5.92 Å². The summed E-state index contributed by atoms with van der Waals surface area (Å²) in [6, 6.07) is 0.315. The van der Waals surface area contributed by atoms with E-state index in [1.807, 2.05) is 11.7 Å². The number of likely N-dealkylation sites (tertiary alicyclic amines) is 1. The Hall–Kier alpha value is -0.870. The van der Waals surface area contributed by atoms with Crippen LogP contribution in [0.25, 0.3) is 0 Å². The molecule has 2 heterocycles. The molecule has 0 spiro atoms. The second kappa shape index (κ2) is 6.49. The largest absolute Gasteiger partial charge is 0.329 e. The Bertz CT molecular complexity index is 458. The summed E-state index contributed by atoms with van der Waals surface area (Å²) in [5.74, 6) is 0.846. The summed E-state index contributed by atoms with van der Waals surface area (Å²) < 4.78 is 1.94. The Morgan fingerprint density at radius 2 is 2.14 bits per heavy atom. The molecule has 0 aromatic carbocycles. The fourth-order valence-electron chi connectivity index (χ4n) is 3.60. The van der Waals surface area contributed by atoms with Gasteiger partial charge in [-0.25, -0.2) is 0 Å². The molecule has 2 unspecified atom stereocenters. The van der Waals surface area contributed by atoms with Crippen LogP contribution < -0.4 is 5.73 Å². The minimum atomic E-state index is 0.0621. The molecule has 120 valence electrons. The average Bonchev–Trinajstić information content (AvgIpc) is 2.98. The van der Waals surface area contributed by atoms with Gasteiger partial charge < -0.3 is 5.73 Å². The van der Waals surface area contributed by atoms with Crippen molar-refractivity contribution in [2.75, 3.05) is 19.6 Å². The van der Waals surface area contributed by atoms with Crippen LogP contribution in [0.2, 0.25) is 0 Å². The van der Waals surface area contributed by atoms with Crippen molar-refractivity contribution in [2.45, 2.75) is 58.4 Å². The monoisotopic (exact) mass is 292 g/mol. The molecule has 1 aliphatic heterocycles. The molecule has 1 aliphatic rings. The Balaban J connectivity index is 2.23. The lowest BCUT2D eigenvalue weighted by Gasteiger charge is -2.29. The van der Waals surface area contributed by atoms with Gasteiger partial charge in [-0.2, -0.15) is 5.10 Å². The number of aryl methyl sites for hydroxylation is 1. The van der Waals surface area contributed by atoms with Crippen LogP contribution in [-0.2, 0) is 12.5 Å². The van der Waals surface area contributed by atoms with Crippen molar-refractivity contribution in [3.05, 3.63) is 17.5 Å². The van der Waals surface area contributed by atoms with Crippen molar-refractivity contribution in [1.29, 1.82) is 0 Å². The molecule has 4 nitrogen and oxygen atoms in total. The van der Waals surface area contributed by atoms with Crippen LogP contribution in [-0.4, -0.2) is 34.3 Å². The molecule has 0 amide bonds. The Kier molecular flexibility index (Phi) is 5.10. The third kappa shape index (κ3) is 3.67. The van der Waals surface area contributed by atoms with Crippen molar-refractivity contribution in [3.8, 4) is 0 Å². The fraction of sp³-hybridized carbons (Fsp3) is 0.824. The normalized spacial score (nSPS) is 21.9. The standard InChI is InChI=1S/C17H32N4/c1-6-7-13-8-9-21(11-13)15(10-18)14-12-20(5)19-16(14)17(2,3)4/h12-13,15H,6-11,18H2,1-5H3. The zero-order valence-electron chi connectivity index (χ0n) is 14.4. The lowest BCUT2D eigenvalue weighted by atomic mass is 9.87. The smallest absolute Gasteiger partial charge is 0.0726 e. The first-order chi connectivity index (χ1) is 9.86. The molecule has 1 saturated heterocycles. The van der Waals surface area contributed by atoms with Gasteiger partial charge in [0, 0.05) is 37.3 Å². The van der Waals surface area contributed by atoms with Crippen LogP contribution in [0.1, 0.15) is 64.3 Å². The molecular formula is C17H32N4. The van der Waals surface area contributed by atoms with Gasteiger partial charge in [-0.15, -0.1) is 0 Å². The van der Waals surface area contributed by atoms with Gasteiger partial charge in [-0.3, -0.25) is 9.58 Å². The predicted octanol–water partition coefficient (Wildman–Crippen LogP) is 2.84. The maximum atomic E-state index is 6.15. The number of nitrogens with two attached hydrogens (primary N) is 1. The molecule has 1 fully saturated rings. The number of rotatable bonds is 5. The maximum absolute atomic E-state index is 6.15. The number of hydrogen-bond donors (Lipinski definition) is 1. The highest BCUT2D eigenvalue weighted by Crippen LogP contribution is 2.34. The first-order valence-electron chi connectivity index (χ1n) is 8.35. The minimum Gasteiger partial charge on any atom is -0.329 e. The third-order valence-corrected chi connectivity index (χ3v) is 4.60. The second-order valence-corrected chi connectivity index (χ2v) is 7.55. The molecule has 4 heteroatoms. The van der Waals surface area contributed by atoms with Crippen LogP contribution in [0.4, 0.5) is 0 Å². The van der Waals surface area contributed by atoms with E-state index in [4.69, 9.17) is 10.8 Å². The zero-order valence-corrected chi connectivity index (χ0v) is 14.4. The molecular weight excluding hydrogens is 260 g/mol. The van der Waals surface area contributed by atoms with E-state index in [-0.39, 0.29) is 5.41 Å². The Morgan fingerprint density at radius 1 is 1.43 bits per heavy atom. The van der Waals surface area contributed by atoms with Gasteiger partial charge in [0.2, 0.25) is 0 Å². The highest BCUT2D eigenvalue weighted by atomic mass is 15.3. The van der Waals surface area contributed by atoms with E-state index in [1.165, 1.54) is 43.6 Å². The molecule has 2 N–H and O–H groups in total. The van der Waals surface area contributed by atoms with Crippen molar-refractivity contribution < 1.29 is 0 Å². The van der Waals surface area contributed by atoms with Crippen molar-refractivity contribution >= 4 is 0 Å². The van der Waals surface area contributed by atoms with Gasteiger partial charge in [0.1, 0.15) is 0 Å². The third-order valence-electron chi connectivity index (χ3n) is 4.60. The van der Waals surface area contributed by atoms with Crippen molar-refractivity contribution in [3.63, 3.8) is 0 Å². The first kappa shape index (κ1) is 16.5. The van der Waals surface area contributed by atoms with Crippen molar-refractivity contribution in [2.24, 2.45) is 18.7 Å². The van der Waals surface area contributed by atoms with Gasteiger partial charge in [0.25, 0.3) is 0 Å². The molecule has 21 heavy (non-hydrogen) atoms. The fourth-order valence-corrected chi connectivity index (χ4v) is 3.60. The van der Waals surface area contributed by atoms with Gasteiger partial charge in [0.05, 0.1) is 11.7 Å². The summed E-state index contributed by atoms with van der Waals surface area (Å²) in [6.07, 6.45) is 6.11. The van der Waals surface area contributed by atoms with Gasteiger partial charge in [-0.05, 0) is 25.3 Å². The zero-order chi connectivity index (χ0) is 15.6. The van der Waals surface area contributed by atoms with E-state index >= 15 is 0 Å². The van der Waals surface area contributed by atoms with E-state index in [2.05, 4.69) is 38.8 Å². The number of hydrogen-bond acceptors (Lipinski definition) is 3. The molecule has 2 rings (SSSR count). The SMILES string of the molecule is CCCC1CCN(C(CN)c2cn(C)nc2C(C)(C)C)C1. The summed E-state index contributed by atoms with van der Waals surface area (Å²) >= 11 is 0. The molecule has 0 saturated carbocycles. The quantitative estimate of drug-likeness (QED) is 0.908. The second-order valence-electron chi connectivity index (χ2n) is 7.55. The van der Waals surface area contributed by atoms with Crippen LogP contribution in [0.5, 0.6) is 0 Å². The molecule has 0 aliphatic carbocycles. The van der Waals surface area contributed by atoms with E-state index in [9.17, 15) is 0 Å². The number of nitrogens with zero attached hydrogens (tertiary/aromatic N) is 3. The summed E-state index contributed by atoms with van der Waals surface area (Å²) in [6.45, 7) is 12.0. The summed E-state index contributed by atoms with van der Waals surface area (Å²) in [4.78, 5) is 2.58. The topological polar surface area (TPSA) is 47.1 Å². The van der Waals surface area contributed by atoms with Crippen molar-refractivity contribution in [1.82, 2.24) is 14.7 Å². The highest BCUT2D eigenvalue weighted by Gasteiger charge is 2.32. The highest BCUT2D eigenvalue weighted by molar-refractivity contribution is 5.28. The molecule has 1 aromatic heterocycles. The first-order valence-corrected chi connectivity index (χ1v) is 8.35. The molecule has 2 atom stereocenters. The maximum Gasteiger partial charge on any atom is 0.0726 e. The summed E-state index contributed by atoms with van der Waals surface area (Å²) in [5.41, 5.74) is 8.73. The Morgan fingerprint density at radius 3 is 2.71 bits per heavy atom. The lowest BCUT2D eigenvalue weighted by Crippen LogP contribution is -2.33. The van der Waals surface area contributed by atoms with Crippen LogP contribution in [0, 0.1) is 5.92 Å².